The van der Waals surface area contributed by atoms with E-state index < -0.39 is 62.0 Å². The summed E-state index contributed by atoms with van der Waals surface area (Å²) in [4.78, 5) is 10.2. The average molecular weight is 380 g/mol. The maximum Gasteiger partial charge on any atom is 0.312 e. The smallest absolute Gasteiger partial charge is 0.312 e. The molecule has 1 aromatic rings. The van der Waals surface area contributed by atoms with E-state index in [1.807, 2.05) is 0 Å². The molecule has 2 aliphatic rings. The van der Waals surface area contributed by atoms with Crippen LogP contribution in [0.25, 0.3) is 0 Å². The minimum absolute atomic E-state index is 0.133. The molecule has 1 fully saturated rings. The Kier molecular flexibility index (Phi) is 4.03. The Hall–Kier alpha value is -1.81. The molecule has 2 N–H and O–H groups in total. The Morgan fingerprint density at radius 1 is 1.28 bits per heavy atom. The van der Waals surface area contributed by atoms with Gasteiger partial charge in [0.05, 0.1) is 10.8 Å². The van der Waals surface area contributed by atoms with Gasteiger partial charge in [0.25, 0.3) is 0 Å². The van der Waals surface area contributed by atoms with Gasteiger partial charge in [-0.2, -0.15) is 8.78 Å². The lowest BCUT2D eigenvalue weighted by Gasteiger charge is -2.33. The molecule has 1 saturated carbocycles. The fraction of sp³-hybridized carbons (Fsp3) is 0.533. The first-order valence-corrected chi connectivity index (χ1v) is 9.30. The van der Waals surface area contributed by atoms with E-state index in [-0.39, 0.29) is 18.6 Å². The summed E-state index contributed by atoms with van der Waals surface area (Å²) >= 11 is 0. The number of fused-ring (bicyclic) bond motifs is 1. The summed E-state index contributed by atoms with van der Waals surface area (Å²) in [7, 11) is -3.98. The molecule has 0 amide bonds. The third kappa shape index (κ3) is 2.77. The van der Waals surface area contributed by atoms with Crippen LogP contribution in [0, 0.1) is 5.92 Å². The number of carboxylic acids is 1. The van der Waals surface area contributed by atoms with Crippen LogP contribution in [0.5, 0.6) is 5.75 Å². The van der Waals surface area contributed by atoms with E-state index in [1.165, 1.54) is 0 Å². The van der Waals surface area contributed by atoms with Crippen LogP contribution >= 0.6 is 0 Å². The van der Waals surface area contributed by atoms with E-state index in [4.69, 9.17) is 9.84 Å². The third-order valence-corrected chi connectivity index (χ3v) is 5.73. The molecule has 2 atom stereocenters. The maximum atomic E-state index is 14.3. The van der Waals surface area contributed by atoms with Gasteiger partial charge >= 0.3 is 11.9 Å². The Morgan fingerprint density at radius 3 is 2.40 bits per heavy atom. The zero-order chi connectivity index (χ0) is 18.7. The molecule has 0 saturated heterocycles. The van der Waals surface area contributed by atoms with Crippen LogP contribution in [0.3, 0.4) is 0 Å². The molecule has 10 heteroatoms. The Balaban J connectivity index is 2.02. The minimum atomic E-state index is -4.19. The number of hydrogen-bond donors (Lipinski definition) is 2. The molecular weight excluding hydrogens is 365 g/mol. The number of aliphatic hydroxyl groups excluding tert-OH is 1. The lowest BCUT2D eigenvalue weighted by atomic mass is 9.82. The quantitative estimate of drug-likeness (QED) is 0.829. The van der Waals surface area contributed by atoms with Crippen LogP contribution in [-0.2, 0) is 14.6 Å². The molecule has 25 heavy (non-hydrogen) atoms. The van der Waals surface area contributed by atoms with Gasteiger partial charge in [0, 0.05) is 17.4 Å². The van der Waals surface area contributed by atoms with Gasteiger partial charge in [-0.05, 0) is 25.0 Å². The number of hydrogen-bond acceptors (Lipinski definition) is 5. The van der Waals surface area contributed by atoms with Crippen molar-refractivity contribution in [2.24, 2.45) is 5.92 Å². The molecule has 138 valence electrons. The summed E-state index contributed by atoms with van der Waals surface area (Å²) in [6.45, 7) is 0. The molecule has 0 radical (unpaired) electrons. The van der Waals surface area contributed by atoms with Crippen molar-refractivity contribution in [3.8, 4) is 5.75 Å². The van der Waals surface area contributed by atoms with Crippen LogP contribution in [0.1, 0.15) is 36.2 Å². The highest BCUT2D eigenvalue weighted by Crippen LogP contribution is 2.57. The van der Waals surface area contributed by atoms with Gasteiger partial charge in [-0.3, -0.25) is 4.79 Å². The zero-order valence-electron chi connectivity index (χ0n) is 12.9. The maximum absolute atomic E-state index is 14.3. The van der Waals surface area contributed by atoms with E-state index in [2.05, 4.69) is 0 Å². The number of alkyl halides is 3. The highest BCUT2D eigenvalue weighted by atomic mass is 32.2. The Morgan fingerprint density at radius 2 is 1.88 bits per heavy atom. The van der Waals surface area contributed by atoms with Crippen LogP contribution in [0.15, 0.2) is 17.0 Å². The summed E-state index contributed by atoms with van der Waals surface area (Å²) in [5, 5.41) is 18.6. The largest absolute Gasteiger partial charge is 0.490 e. The van der Waals surface area contributed by atoms with Crippen molar-refractivity contribution in [1.82, 2.24) is 0 Å². The number of aliphatic hydroxyl groups is 1. The first-order valence-electron chi connectivity index (χ1n) is 7.40. The molecule has 2 aliphatic carbocycles. The second kappa shape index (κ2) is 5.60. The fourth-order valence-electron chi connectivity index (χ4n) is 3.13. The second-order valence-corrected chi connectivity index (χ2v) is 8.33. The normalized spacial score (nSPS) is 30.4. The molecule has 0 spiro atoms. The topological polar surface area (TPSA) is 101 Å². The average Bonchev–Trinajstić information content (AvgIpc) is 2.62. The van der Waals surface area contributed by atoms with Crippen LogP contribution in [0.2, 0.25) is 0 Å². The van der Waals surface area contributed by atoms with Crippen molar-refractivity contribution in [3.63, 3.8) is 0 Å². The summed E-state index contributed by atoms with van der Waals surface area (Å²) in [6.07, 6.45) is -5.11. The molecule has 1 aromatic carbocycles. The van der Waals surface area contributed by atoms with Crippen molar-refractivity contribution in [3.05, 3.63) is 23.3 Å². The summed E-state index contributed by atoms with van der Waals surface area (Å²) in [5.41, 5.74) is -1.40. The minimum Gasteiger partial charge on any atom is -0.490 e. The highest BCUT2D eigenvalue weighted by Gasteiger charge is 2.59. The molecule has 0 bridgehead atoms. The zero-order valence-corrected chi connectivity index (χ0v) is 13.8. The molecule has 0 aromatic heterocycles. The van der Waals surface area contributed by atoms with Crippen LogP contribution in [-0.4, -0.2) is 42.9 Å². The van der Waals surface area contributed by atoms with Crippen molar-refractivity contribution < 1.29 is 41.3 Å². The van der Waals surface area contributed by atoms with Gasteiger partial charge in [0.1, 0.15) is 18.0 Å². The predicted molar refractivity (Wildman–Crippen MR) is 78.1 cm³/mol. The molecule has 3 rings (SSSR count). The number of halogens is 3. The lowest BCUT2D eigenvalue weighted by Crippen LogP contribution is -2.38. The van der Waals surface area contributed by atoms with Gasteiger partial charge in [0.15, 0.2) is 16.0 Å². The molecule has 0 unspecified atom stereocenters. The van der Waals surface area contributed by atoms with Crippen molar-refractivity contribution in [2.75, 3.05) is 6.26 Å². The number of benzene rings is 1. The highest BCUT2D eigenvalue weighted by molar-refractivity contribution is 7.90. The van der Waals surface area contributed by atoms with Crippen molar-refractivity contribution >= 4 is 15.8 Å². The van der Waals surface area contributed by atoms with Gasteiger partial charge in [0.2, 0.25) is 0 Å². The third-order valence-electron chi connectivity index (χ3n) is 4.57. The number of carboxylic acid groups (broad SMARTS) is 1. The molecule has 6 nitrogen and oxygen atoms in total. The summed E-state index contributed by atoms with van der Waals surface area (Å²) in [5.74, 6) is -6.13. The number of aliphatic carboxylic acids is 1. The number of sulfone groups is 1. The van der Waals surface area contributed by atoms with E-state index in [9.17, 15) is 31.5 Å². The lowest BCUT2D eigenvalue weighted by molar-refractivity contribution is -0.148. The van der Waals surface area contributed by atoms with Gasteiger partial charge in [-0.15, -0.1) is 0 Å². The SMILES string of the molecule is CS(=O)(=O)c1ccc(O[C@H]2C[C@@H](C(=O)O)C2)c2c1[C@H](O)C(F)(F)[C@@H]2F. The Bertz CT molecular complexity index is 832. The second-order valence-electron chi connectivity index (χ2n) is 6.35. The van der Waals surface area contributed by atoms with Gasteiger partial charge in [-0.1, -0.05) is 0 Å². The van der Waals surface area contributed by atoms with Gasteiger partial charge < -0.3 is 14.9 Å². The first kappa shape index (κ1) is 18.0. The fourth-order valence-corrected chi connectivity index (χ4v) is 4.07. The van der Waals surface area contributed by atoms with Crippen molar-refractivity contribution in [2.45, 2.75) is 42.0 Å². The van der Waals surface area contributed by atoms with Crippen LogP contribution < -0.4 is 4.74 Å². The van der Waals surface area contributed by atoms with E-state index >= 15 is 0 Å². The van der Waals surface area contributed by atoms with E-state index in [0.29, 0.717) is 0 Å². The Labute approximate surface area is 141 Å². The summed E-state index contributed by atoms with van der Waals surface area (Å²) < 4.78 is 71.1. The van der Waals surface area contributed by atoms with Crippen molar-refractivity contribution in [1.29, 1.82) is 0 Å². The monoisotopic (exact) mass is 380 g/mol. The van der Waals surface area contributed by atoms with Gasteiger partial charge in [-0.25, -0.2) is 12.8 Å². The predicted octanol–water partition coefficient (Wildman–Crippen LogP) is 2.03. The molecular formula is C15H15F3O6S. The number of ether oxygens (including phenoxy) is 1. The van der Waals surface area contributed by atoms with Crippen LogP contribution in [0.4, 0.5) is 13.2 Å². The first-order chi connectivity index (χ1) is 11.4. The van der Waals surface area contributed by atoms with E-state index in [0.717, 1.165) is 18.4 Å². The molecule has 0 heterocycles. The number of carbonyl (C=O) groups is 1. The number of rotatable bonds is 4. The standard InChI is InChI=1S/C15H15F3O6S/c1-25(22,23)9-3-2-8(24-7-4-6(5-7)14(20)21)10-11(9)13(19)15(17,18)12(10)16/h2-3,6-7,12-13,19H,4-5H2,1H3,(H,20,21)/t6-,7+,12-,13+/m1/s1. The van der Waals surface area contributed by atoms with E-state index in [1.54, 1.807) is 0 Å². The molecule has 0 aliphatic heterocycles. The summed E-state index contributed by atoms with van der Waals surface area (Å²) in [6, 6.07) is 2.04.